The monoisotopic (exact) mass is 840 g/mol. The Morgan fingerprint density at radius 2 is 1.76 bits per heavy atom. The molecule has 0 unspecified atom stereocenters. The van der Waals surface area contributed by atoms with Crippen molar-refractivity contribution in [2.45, 2.75) is 70.1 Å². The van der Waals surface area contributed by atoms with Gasteiger partial charge in [-0.2, -0.15) is 19.0 Å². The first-order valence-corrected chi connectivity index (χ1v) is 20.3. The number of nitrogens with one attached hydrogen (secondary N) is 3. The lowest BCUT2D eigenvalue weighted by molar-refractivity contribution is -0.123. The van der Waals surface area contributed by atoms with Gasteiger partial charge in [0.05, 0.1) is 33.9 Å². The number of aromatic nitrogens is 5. The summed E-state index contributed by atoms with van der Waals surface area (Å²) in [5, 5.41) is 24.7. The Labute approximate surface area is 335 Å². The van der Waals surface area contributed by atoms with Gasteiger partial charge in [-0.3, -0.25) is 23.7 Å². The number of carbonyl (C=O) groups is 2. The maximum absolute atomic E-state index is 15.8. The van der Waals surface area contributed by atoms with Gasteiger partial charge in [0.15, 0.2) is 11.6 Å². The Balaban J connectivity index is 1.38. The number of rotatable bonds is 10. The van der Waals surface area contributed by atoms with Gasteiger partial charge < -0.3 is 15.7 Å². The van der Waals surface area contributed by atoms with Gasteiger partial charge in [-0.05, 0) is 80.8 Å². The van der Waals surface area contributed by atoms with E-state index in [2.05, 4.69) is 37.4 Å². The van der Waals surface area contributed by atoms with Crippen LogP contribution in [0.4, 0.5) is 29.2 Å². The fourth-order valence-electron chi connectivity index (χ4n) is 7.66. The summed E-state index contributed by atoms with van der Waals surface area (Å²) in [6.45, 7) is 3.41. The number of nitrogens with zero attached hydrogens (tertiary/aromatic N) is 5. The molecule has 3 atom stereocenters. The Hall–Kier alpha value is -5.51. The zero-order valence-electron chi connectivity index (χ0n) is 31.7. The Bertz CT molecular complexity index is 2680. The zero-order valence-corrected chi connectivity index (χ0v) is 33.3. The van der Waals surface area contributed by atoms with Gasteiger partial charge in [0.2, 0.25) is 21.8 Å². The number of aryl methyl sites for hydroxylation is 1. The number of pyridine rings is 1. The third-order valence-corrected chi connectivity index (χ3v) is 10.8. The van der Waals surface area contributed by atoms with E-state index in [1.165, 1.54) is 37.6 Å². The summed E-state index contributed by atoms with van der Waals surface area (Å²) in [4.78, 5) is 31.0. The maximum atomic E-state index is 15.8. The first-order chi connectivity index (χ1) is 27.1. The van der Waals surface area contributed by atoms with Crippen LogP contribution >= 0.6 is 11.6 Å². The Morgan fingerprint density at radius 3 is 2.38 bits per heavy atom. The molecule has 1 saturated carbocycles. The highest BCUT2D eigenvalue weighted by Crippen LogP contribution is 2.63. The van der Waals surface area contributed by atoms with E-state index in [4.69, 9.17) is 16.6 Å². The minimum Gasteiger partial charge on any atom is -0.378 e. The largest absolute Gasteiger partial charge is 0.378 e. The van der Waals surface area contributed by atoms with Gasteiger partial charge >= 0.3 is 0 Å². The van der Waals surface area contributed by atoms with Gasteiger partial charge in [-0.1, -0.05) is 23.6 Å². The number of amides is 2. The predicted molar refractivity (Wildman–Crippen MR) is 207 cm³/mol. The summed E-state index contributed by atoms with van der Waals surface area (Å²) < 4.78 is 90.1. The topological polar surface area (TPSA) is 173 Å². The molecule has 58 heavy (non-hydrogen) atoms. The Morgan fingerprint density at radius 1 is 1.07 bits per heavy atom. The molecule has 0 saturated heterocycles. The second-order valence-electron chi connectivity index (χ2n) is 15.1. The molecule has 2 aliphatic rings. The standard InChI is InChI=1S/C39H37ClF4N8O5S/c1-19(53)45-36-31-26-8-10-27(26)39(43,44)35(31)52(49-36)18-30(54)47-29(16-20-14-21(41)17-22(42)15-20)33-24(7-6-23(46-33)12-13-38(2,3)55)25-9-11-28(40)32-34(25)51(4)48-37(32)50-58(5,56)57/h6-7,9,11,14-15,17,26-27,29,55H,8,10,16,18H2,1-5H3,(H,47,54)(H,48,50)(H,45,49,53)/t26-,27+,29-/m0/s1. The van der Waals surface area contributed by atoms with Crippen LogP contribution in [-0.2, 0) is 45.5 Å². The van der Waals surface area contributed by atoms with E-state index in [0.29, 0.717) is 29.1 Å². The third-order valence-electron chi connectivity index (χ3n) is 9.96. The highest BCUT2D eigenvalue weighted by atomic mass is 35.5. The van der Waals surface area contributed by atoms with Crippen molar-refractivity contribution in [2.24, 2.45) is 13.0 Å². The van der Waals surface area contributed by atoms with Gasteiger partial charge in [0, 0.05) is 42.6 Å². The van der Waals surface area contributed by atoms with Crippen LogP contribution in [0.5, 0.6) is 0 Å². The van der Waals surface area contributed by atoms with Crippen molar-refractivity contribution in [3.8, 4) is 23.0 Å². The molecule has 1 fully saturated rings. The molecule has 3 heterocycles. The van der Waals surface area contributed by atoms with Gasteiger partial charge in [-0.15, -0.1) is 0 Å². The highest BCUT2D eigenvalue weighted by Gasteiger charge is 2.62. The summed E-state index contributed by atoms with van der Waals surface area (Å²) in [7, 11) is -2.25. The van der Waals surface area contributed by atoms with Crippen molar-refractivity contribution in [2.75, 3.05) is 16.3 Å². The number of hydrogen-bond acceptors (Lipinski definition) is 8. The fourth-order valence-corrected chi connectivity index (χ4v) is 8.40. The lowest BCUT2D eigenvalue weighted by Crippen LogP contribution is -2.36. The number of anilines is 2. The number of hydrogen-bond donors (Lipinski definition) is 4. The van der Waals surface area contributed by atoms with Crippen LogP contribution in [0.3, 0.4) is 0 Å². The molecule has 5 aromatic rings. The number of alkyl halides is 2. The number of aliphatic hydroxyl groups is 1. The smallest absolute Gasteiger partial charge is 0.293 e. The normalized spacial score (nSPS) is 17.4. The molecule has 304 valence electrons. The second-order valence-corrected chi connectivity index (χ2v) is 17.2. The minimum atomic E-state index is -3.81. The summed E-state index contributed by atoms with van der Waals surface area (Å²) in [5.41, 5.74) is -0.345. The minimum absolute atomic E-state index is 0.0522. The average Bonchev–Trinajstić information content (AvgIpc) is 3.62. The van der Waals surface area contributed by atoms with Crippen molar-refractivity contribution in [3.63, 3.8) is 0 Å². The molecule has 2 aliphatic carbocycles. The molecular formula is C39H37ClF4N8O5S. The zero-order chi connectivity index (χ0) is 42.1. The highest BCUT2D eigenvalue weighted by molar-refractivity contribution is 7.92. The van der Waals surface area contributed by atoms with Gasteiger partial charge in [0.1, 0.15) is 35.2 Å². The van der Waals surface area contributed by atoms with E-state index in [0.717, 1.165) is 23.1 Å². The summed E-state index contributed by atoms with van der Waals surface area (Å²) in [6.07, 6.45) is 1.39. The van der Waals surface area contributed by atoms with Crippen molar-refractivity contribution in [1.29, 1.82) is 0 Å². The molecule has 0 spiro atoms. The molecule has 0 aliphatic heterocycles. The molecule has 3 aromatic heterocycles. The second kappa shape index (κ2) is 14.7. The van der Waals surface area contributed by atoms with Crippen LogP contribution in [0, 0.1) is 29.4 Å². The van der Waals surface area contributed by atoms with Crippen molar-refractivity contribution in [3.05, 3.63) is 87.3 Å². The van der Waals surface area contributed by atoms with Crippen molar-refractivity contribution < 1.29 is 40.7 Å². The summed E-state index contributed by atoms with van der Waals surface area (Å²) in [5.74, 6) is -2.68. The molecular weight excluding hydrogens is 804 g/mol. The third kappa shape index (κ3) is 7.98. The van der Waals surface area contributed by atoms with E-state index in [-0.39, 0.29) is 57.4 Å². The van der Waals surface area contributed by atoms with Crippen LogP contribution in [0.1, 0.15) is 73.8 Å². The molecule has 13 nitrogen and oxygen atoms in total. The van der Waals surface area contributed by atoms with Crippen LogP contribution < -0.4 is 15.4 Å². The molecule has 19 heteroatoms. The maximum Gasteiger partial charge on any atom is 0.293 e. The van der Waals surface area contributed by atoms with Gasteiger partial charge in [-0.25, -0.2) is 22.2 Å². The quantitative estimate of drug-likeness (QED) is 0.0992. The number of carbonyl (C=O) groups excluding carboxylic acids is 2. The van der Waals surface area contributed by atoms with Crippen molar-refractivity contribution in [1.82, 2.24) is 29.9 Å². The van der Waals surface area contributed by atoms with E-state index in [1.54, 1.807) is 19.2 Å². The van der Waals surface area contributed by atoms with Crippen LogP contribution in [0.2, 0.25) is 5.02 Å². The lowest BCUT2D eigenvalue weighted by atomic mass is 9.73. The SMILES string of the molecule is CC(=O)Nc1nn(CC(=O)N[C@@H](Cc2cc(F)cc(F)c2)c2nc(C#CC(C)(C)O)ccc2-c2ccc(Cl)c3c(NS(C)(=O)=O)nn(C)c23)c2c1[C@H]1CC[C@H]1C2(F)F. The van der Waals surface area contributed by atoms with Crippen LogP contribution in [0.25, 0.3) is 22.0 Å². The number of fused-ring (bicyclic) bond motifs is 4. The van der Waals surface area contributed by atoms with E-state index < -0.39 is 75.1 Å². The van der Waals surface area contributed by atoms with E-state index >= 15 is 8.78 Å². The van der Waals surface area contributed by atoms with E-state index in [1.807, 2.05) is 0 Å². The summed E-state index contributed by atoms with van der Waals surface area (Å²) in [6, 6.07) is 7.86. The summed E-state index contributed by atoms with van der Waals surface area (Å²) >= 11 is 6.61. The first-order valence-electron chi connectivity index (χ1n) is 18.0. The number of sulfonamides is 1. The molecule has 4 N–H and O–H groups in total. The van der Waals surface area contributed by atoms with Gasteiger partial charge in [0.25, 0.3) is 5.92 Å². The van der Waals surface area contributed by atoms with E-state index in [9.17, 15) is 31.9 Å². The molecule has 0 radical (unpaired) electrons. The fraction of sp³-hybridized carbons (Fsp3) is 0.359. The Kier molecular flexibility index (Phi) is 10.3. The molecule has 2 aromatic carbocycles. The number of benzene rings is 2. The first kappa shape index (κ1) is 40.7. The van der Waals surface area contributed by atoms with Crippen LogP contribution in [-0.4, -0.2) is 61.7 Å². The van der Waals surface area contributed by atoms with Crippen LogP contribution in [0.15, 0.2) is 42.5 Å². The molecule has 7 rings (SSSR count). The van der Waals surface area contributed by atoms with Crippen molar-refractivity contribution >= 4 is 56.0 Å². The lowest BCUT2D eigenvalue weighted by Gasteiger charge is -2.34. The number of halogens is 5. The average molecular weight is 841 g/mol. The molecule has 0 bridgehead atoms. The molecule has 2 amide bonds. The predicted octanol–water partition coefficient (Wildman–Crippen LogP) is 5.91.